The number of rotatable bonds is 4. The molecule has 0 aromatic carbocycles. The van der Waals surface area contributed by atoms with Gasteiger partial charge in [-0.05, 0) is 13.8 Å². The third-order valence-electron chi connectivity index (χ3n) is 1.84. The predicted molar refractivity (Wildman–Crippen MR) is 56.5 cm³/mol. The smallest absolute Gasteiger partial charge is 0.332 e. The second-order valence-corrected chi connectivity index (χ2v) is 4.18. The summed E-state index contributed by atoms with van der Waals surface area (Å²) in [6, 6.07) is 0. The van der Waals surface area contributed by atoms with Crippen molar-refractivity contribution < 1.29 is 14.6 Å². The van der Waals surface area contributed by atoms with E-state index >= 15 is 0 Å². The van der Waals surface area contributed by atoms with Gasteiger partial charge in [-0.3, -0.25) is 0 Å². The molecule has 4 nitrogen and oxygen atoms in total. The van der Waals surface area contributed by atoms with E-state index in [9.17, 15) is 9.90 Å². The fourth-order valence-electron chi connectivity index (χ4n) is 0.822. The molecule has 0 rings (SSSR count). The summed E-state index contributed by atoms with van der Waals surface area (Å²) in [5, 5.41) is 9.84. The van der Waals surface area contributed by atoms with Gasteiger partial charge in [-0.1, -0.05) is 13.5 Å². The SMILES string of the molecule is C=CC(=O)OC(O)(CC)C(C)(C)Cl.N. The number of carbonyl (C=O) groups excluding carboxylic acids is 1. The molecule has 84 valence electrons. The van der Waals surface area contributed by atoms with E-state index in [1.165, 1.54) is 0 Å². The molecular formula is C9H18ClNO3. The van der Waals surface area contributed by atoms with Gasteiger partial charge in [0.2, 0.25) is 5.79 Å². The number of halogens is 1. The maximum atomic E-state index is 10.9. The summed E-state index contributed by atoms with van der Waals surface area (Å²) in [6.45, 7) is 8.07. The van der Waals surface area contributed by atoms with Crippen LogP contribution in [-0.2, 0) is 9.53 Å². The first-order valence-electron chi connectivity index (χ1n) is 4.03. The van der Waals surface area contributed by atoms with Crippen LogP contribution in [-0.4, -0.2) is 21.7 Å². The van der Waals surface area contributed by atoms with Gasteiger partial charge in [0.15, 0.2) is 0 Å². The van der Waals surface area contributed by atoms with Crippen LogP contribution < -0.4 is 6.15 Å². The fraction of sp³-hybridized carbons (Fsp3) is 0.667. The van der Waals surface area contributed by atoms with Crippen molar-refractivity contribution in [3.05, 3.63) is 12.7 Å². The zero-order valence-electron chi connectivity index (χ0n) is 8.84. The molecule has 14 heavy (non-hydrogen) atoms. The molecule has 0 spiro atoms. The van der Waals surface area contributed by atoms with Gasteiger partial charge in [0.1, 0.15) is 4.87 Å². The van der Waals surface area contributed by atoms with Crippen molar-refractivity contribution in [1.29, 1.82) is 0 Å². The van der Waals surface area contributed by atoms with Gasteiger partial charge in [0.05, 0.1) is 0 Å². The quantitative estimate of drug-likeness (QED) is 0.331. The molecule has 0 aliphatic carbocycles. The number of hydrogen-bond donors (Lipinski definition) is 2. The molecule has 0 saturated heterocycles. The summed E-state index contributed by atoms with van der Waals surface area (Å²) in [6.07, 6.45) is 1.21. The zero-order valence-corrected chi connectivity index (χ0v) is 9.60. The second kappa shape index (κ2) is 5.34. The highest BCUT2D eigenvalue weighted by Gasteiger charge is 2.44. The third kappa shape index (κ3) is 3.65. The van der Waals surface area contributed by atoms with E-state index in [4.69, 9.17) is 16.3 Å². The second-order valence-electron chi connectivity index (χ2n) is 3.24. The van der Waals surface area contributed by atoms with Crippen molar-refractivity contribution in [3.63, 3.8) is 0 Å². The summed E-state index contributed by atoms with van der Waals surface area (Å²) < 4.78 is 4.77. The highest BCUT2D eigenvalue weighted by Crippen LogP contribution is 2.32. The minimum absolute atomic E-state index is 0. The van der Waals surface area contributed by atoms with Gasteiger partial charge in [0.25, 0.3) is 0 Å². The van der Waals surface area contributed by atoms with Crippen LogP contribution in [0.4, 0.5) is 0 Å². The number of hydrogen-bond acceptors (Lipinski definition) is 4. The van der Waals surface area contributed by atoms with Gasteiger partial charge in [-0.25, -0.2) is 4.79 Å². The molecule has 0 aliphatic heterocycles. The third-order valence-corrected chi connectivity index (χ3v) is 2.14. The maximum Gasteiger partial charge on any atom is 0.332 e. The van der Waals surface area contributed by atoms with E-state index in [0.29, 0.717) is 0 Å². The van der Waals surface area contributed by atoms with Crippen LogP contribution in [0.1, 0.15) is 27.2 Å². The Balaban J connectivity index is 0. The van der Waals surface area contributed by atoms with Crippen molar-refractivity contribution in [2.75, 3.05) is 0 Å². The van der Waals surface area contributed by atoms with Gasteiger partial charge in [0, 0.05) is 12.5 Å². The molecule has 0 fully saturated rings. The van der Waals surface area contributed by atoms with Crippen LogP contribution in [0, 0.1) is 0 Å². The highest BCUT2D eigenvalue weighted by atomic mass is 35.5. The normalized spacial score (nSPS) is 14.9. The standard InChI is InChI=1S/C9H15ClO3.H3N/c1-5-7(11)13-9(12,6-2)8(3,4)10;/h5,12H,1,6H2,2-4H3;1H3. The average molecular weight is 224 g/mol. The van der Waals surface area contributed by atoms with Crippen LogP contribution in [0.2, 0.25) is 0 Å². The summed E-state index contributed by atoms with van der Waals surface area (Å²) >= 11 is 5.88. The molecule has 0 radical (unpaired) electrons. The molecule has 0 amide bonds. The van der Waals surface area contributed by atoms with Gasteiger partial charge in [-0.2, -0.15) is 0 Å². The van der Waals surface area contributed by atoms with E-state index in [1.807, 2.05) is 0 Å². The Hall–Kier alpha value is -0.580. The van der Waals surface area contributed by atoms with Crippen molar-refractivity contribution >= 4 is 17.6 Å². The number of aliphatic hydroxyl groups is 1. The first-order chi connectivity index (χ1) is 5.77. The monoisotopic (exact) mass is 223 g/mol. The van der Waals surface area contributed by atoms with Gasteiger partial charge in [-0.15, -0.1) is 11.6 Å². The van der Waals surface area contributed by atoms with Crippen molar-refractivity contribution in [2.24, 2.45) is 0 Å². The van der Waals surface area contributed by atoms with Crippen molar-refractivity contribution in [2.45, 2.75) is 37.9 Å². The first kappa shape index (κ1) is 15.9. The largest absolute Gasteiger partial charge is 0.428 e. The van der Waals surface area contributed by atoms with Crippen molar-refractivity contribution in [3.8, 4) is 0 Å². The molecule has 4 N–H and O–H groups in total. The minimum atomic E-state index is -1.65. The molecule has 0 heterocycles. The lowest BCUT2D eigenvalue weighted by Crippen LogP contribution is -2.49. The Morgan fingerprint density at radius 2 is 2.07 bits per heavy atom. The van der Waals surface area contributed by atoms with Crippen LogP contribution in [0.5, 0.6) is 0 Å². The number of alkyl halides is 1. The van der Waals surface area contributed by atoms with Crippen LogP contribution in [0.25, 0.3) is 0 Å². The number of carbonyl (C=O) groups is 1. The van der Waals surface area contributed by atoms with Gasteiger partial charge >= 0.3 is 5.97 Å². The van der Waals surface area contributed by atoms with E-state index in [1.54, 1.807) is 20.8 Å². The molecule has 0 bridgehead atoms. The zero-order chi connectivity index (χ0) is 10.7. The molecule has 0 aliphatic rings. The topological polar surface area (TPSA) is 81.5 Å². The number of ether oxygens (including phenoxy) is 1. The molecule has 0 saturated carbocycles. The summed E-state index contributed by atoms with van der Waals surface area (Å²) in [5.74, 6) is -2.34. The molecule has 5 heteroatoms. The Bertz CT molecular complexity index is 213. The Morgan fingerprint density at radius 1 is 1.64 bits per heavy atom. The summed E-state index contributed by atoms with van der Waals surface area (Å²) in [5.41, 5.74) is 0. The van der Waals surface area contributed by atoms with Crippen molar-refractivity contribution in [1.82, 2.24) is 6.15 Å². The maximum absolute atomic E-state index is 10.9. The Labute approximate surface area is 89.5 Å². The predicted octanol–water partition coefficient (Wildman–Crippen LogP) is 1.99. The van der Waals surface area contributed by atoms with E-state index in [0.717, 1.165) is 6.08 Å². The van der Waals surface area contributed by atoms with Crippen LogP contribution >= 0.6 is 11.6 Å². The van der Waals surface area contributed by atoms with E-state index in [-0.39, 0.29) is 12.6 Å². The molecule has 1 unspecified atom stereocenters. The Kier molecular flexibility index (Phi) is 6.05. The fourth-order valence-corrected chi connectivity index (χ4v) is 0.994. The first-order valence-corrected chi connectivity index (χ1v) is 4.41. The lowest BCUT2D eigenvalue weighted by molar-refractivity contribution is -0.217. The van der Waals surface area contributed by atoms with E-state index in [2.05, 4.69) is 6.58 Å². The minimum Gasteiger partial charge on any atom is -0.428 e. The van der Waals surface area contributed by atoms with E-state index < -0.39 is 16.6 Å². The Morgan fingerprint density at radius 3 is 2.29 bits per heavy atom. The van der Waals surface area contributed by atoms with Crippen LogP contribution in [0.3, 0.4) is 0 Å². The molecule has 0 aromatic rings. The number of esters is 1. The summed E-state index contributed by atoms with van der Waals surface area (Å²) in [4.78, 5) is 9.85. The lowest BCUT2D eigenvalue weighted by Gasteiger charge is -2.36. The lowest BCUT2D eigenvalue weighted by atomic mass is 9.99. The van der Waals surface area contributed by atoms with Gasteiger partial charge < -0.3 is 16.0 Å². The average Bonchev–Trinajstić information content (AvgIpc) is 2.02. The summed E-state index contributed by atoms with van der Waals surface area (Å²) in [7, 11) is 0. The van der Waals surface area contributed by atoms with Crippen LogP contribution in [0.15, 0.2) is 12.7 Å². The highest BCUT2D eigenvalue weighted by molar-refractivity contribution is 6.24. The molecule has 1 atom stereocenters. The molecule has 0 aromatic heterocycles. The molecular weight excluding hydrogens is 206 g/mol.